The molecule has 0 bridgehead atoms. The van der Waals surface area contributed by atoms with Gasteiger partial charge >= 0.3 is 5.69 Å². The van der Waals surface area contributed by atoms with Crippen LogP contribution in [0.15, 0.2) is 18.2 Å². The summed E-state index contributed by atoms with van der Waals surface area (Å²) in [5.41, 5.74) is 1.38. The Hall–Kier alpha value is -1.43. The Morgan fingerprint density at radius 2 is 2.10 bits per heavy atom. The Morgan fingerprint density at radius 3 is 2.76 bits per heavy atom. The van der Waals surface area contributed by atoms with Gasteiger partial charge in [0.2, 0.25) is 0 Å². The maximum absolute atomic E-state index is 11.4. The topological polar surface area (TPSA) is 67.2 Å². The van der Waals surface area contributed by atoms with Gasteiger partial charge in [0.15, 0.2) is 0 Å². The molecule has 1 aromatic carbocycles. The predicted octanol–water partition coefficient (Wildman–Crippen LogP) is 4.11. The van der Waals surface area contributed by atoms with Crippen LogP contribution in [0.5, 0.6) is 0 Å². The Balaban J connectivity index is 2.13. The molecule has 0 spiro atoms. The number of nitro benzene ring substituents is 1. The molecule has 0 saturated heterocycles. The Bertz CT molecular complexity index is 496. The third kappa shape index (κ3) is 4.03. The summed E-state index contributed by atoms with van der Waals surface area (Å²) in [6.07, 6.45) is 3.36. The Labute approximate surface area is 130 Å². The maximum Gasteiger partial charge on any atom is 0.315 e. The van der Waals surface area contributed by atoms with Gasteiger partial charge < -0.3 is 10.6 Å². The lowest BCUT2D eigenvalue weighted by atomic mass is 10.2. The van der Waals surface area contributed by atoms with E-state index < -0.39 is 0 Å². The number of nitrogens with one attached hydrogen (secondary N) is 2. The van der Waals surface area contributed by atoms with Gasteiger partial charge in [-0.05, 0) is 44.1 Å². The second-order valence-corrected chi connectivity index (χ2v) is 6.80. The molecule has 1 fully saturated rings. The van der Waals surface area contributed by atoms with Crippen LogP contribution in [0.25, 0.3) is 0 Å². The van der Waals surface area contributed by atoms with Crippen LogP contribution in [-0.4, -0.2) is 28.5 Å². The van der Waals surface area contributed by atoms with Crippen molar-refractivity contribution < 1.29 is 4.92 Å². The molecule has 1 aliphatic carbocycles. The number of anilines is 2. The van der Waals surface area contributed by atoms with E-state index in [-0.39, 0.29) is 10.6 Å². The van der Waals surface area contributed by atoms with Crippen LogP contribution in [0.4, 0.5) is 17.1 Å². The quantitative estimate of drug-likeness (QED) is 0.586. The molecule has 5 nitrogen and oxygen atoms in total. The molecule has 1 saturated carbocycles. The number of thioether (sulfide) groups is 1. The smallest absolute Gasteiger partial charge is 0.315 e. The molecule has 0 radical (unpaired) electrons. The summed E-state index contributed by atoms with van der Waals surface area (Å²) in [5, 5.41) is 18.5. The van der Waals surface area contributed by atoms with Crippen LogP contribution in [-0.2, 0) is 0 Å². The van der Waals surface area contributed by atoms with Crippen molar-refractivity contribution in [1.82, 2.24) is 0 Å². The van der Waals surface area contributed by atoms with E-state index in [1.165, 1.54) is 6.42 Å². The summed E-state index contributed by atoms with van der Waals surface area (Å²) in [7, 11) is 0. The van der Waals surface area contributed by atoms with Crippen molar-refractivity contribution in [2.24, 2.45) is 0 Å². The second kappa shape index (κ2) is 7.54. The molecular formula is C15H23N3O2S. The van der Waals surface area contributed by atoms with Crippen LogP contribution in [0.3, 0.4) is 0 Å². The number of nitrogens with zero attached hydrogens (tertiary/aromatic N) is 1. The zero-order chi connectivity index (χ0) is 15.2. The van der Waals surface area contributed by atoms with Crippen molar-refractivity contribution >= 4 is 28.8 Å². The molecule has 0 heterocycles. The third-order valence-electron chi connectivity index (χ3n) is 3.73. The second-order valence-electron chi connectivity index (χ2n) is 5.22. The van der Waals surface area contributed by atoms with Crippen molar-refractivity contribution in [3.8, 4) is 0 Å². The minimum absolute atomic E-state index is 0.158. The molecule has 1 aliphatic rings. The van der Waals surface area contributed by atoms with E-state index in [1.54, 1.807) is 12.1 Å². The highest BCUT2D eigenvalue weighted by molar-refractivity contribution is 7.99. The van der Waals surface area contributed by atoms with Crippen LogP contribution in [0.2, 0.25) is 0 Å². The van der Waals surface area contributed by atoms with Gasteiger partial charge in [0, 0.05) is 17.8 Å². The number of para-hydroxylation sites is 1. The first-order valence-corrected chi connectivity index (χ1v) is 8.60. The third-order valence-corrected chi connectivity index (χ3v) is 4.97. The van der Waals surface area contributed by atoms with Crippen LogP contribution >= 0.6 is 11.8 Å². The van der Waals surface area contributed by atoms with Crippen molar-refractivity contribution in [3.05, 3.63) is 28.3 Å². The van der Waals surface area contributed by atoms with E-state index in [9.17, 15) is 10.1 Å². The van der Waals surface area contributed by atoms with Crippen molar-refractivity contribution in [2.75, 3.05) is 22.9 Å². The molecule has 0 aromatic heterocycles. The monoisotopic (exact) mass is 309 g/mol. The average molecular weight is 309 g/mol. The molecule has 116 valence electrons. The van der Waals surface area contributed by atoms with Crippen molar-refractivity contribution in [2.45, 2.75) is 44.4 Å². The summed E-state index contributed by atoms with van der Waals surface area (Å²) in [5.74, 6) is 1.13. The number of rotatable bonds is 7. The first-order chi connectivity index (χ1) is 10.2. The minimum Gasteiger partial charge on any atom is -0.380 e. The largest absolute Gasteiger partial charge is 0.380 e. The molecule has 6 heteroatoms. The molecule has 2 N–H and O–H groups in total. The van der Waals surface area contributed by atoms with Crippen molar-refractivity contribution in [1.29, 1.82) is 0 Å². The molecule has 1 aromatic rings. The standard InChI is InChI=1S/C15H23N3O2S/c1-3-16-13-6-5-7-14(15(13)18(19)20)17-11-8-9-12(10-11)21-4-2/h5-7,11-12,16-17H,3-4,8-10H2,1-2H3. The highest BCUT2D eigenvalue weighted by atomic mass is 32.2. The van der Waals surface area contributed by atoms with Crippen molar-refractivity contribution in [3.63, 3.8) is 0 Å². The Kier molecular flexibility index (Phi) is 5.73. The summed E-state index contributed by atoms with van der Waals surface area (Å²) < 4.78 is 0. The fourth-order valence-electron chi connectivity index (χ4n) is 2.87. The lowest BCUT2D eigenvalue weighted by Gasteiger charge is -2.16. The van der Waals surface area contributed by atoms with E-state index in [0.29, 0.717) is 29.2 Å². The van der Waals surface area contributed by atoms with E-state index in [2.05, 4.69) is 17.6 Å². The number of nitro groups is 1. The molecule has 2 rings (SSSR count). The highest BCUT2D eigenvalue weighted by Crippen LogP contribution is 2.36. The van der Waals surface area contributed by atoms with Gasteiger partial charge in [0.05, 0.1) is 4.92 Å². The van der Waals surface area contributed by atoms with Crippen LogP contribution < -0.4 is 10.6 Å². The van der Waals surface area contributed by atoms with E-state index in [0.717, 1.165) is 18.6 Å². The predicted molar refractivity (Wildman–Crippen MR) is 90.4 cm³/mol. The SMILES string of the molecule is CCNc1cccc(NC2CCC(SCC)C2)c1[N+](=O)[O-]. The summed E-state index contributed by atoms with van der Waals surface area (Å²) in [6.45, 7) is 4.78. The van der Waals surface area contributed by atoms with Gasteiger partial charge in [-0.3, -0.25) is 10.1 Å². The molecule has 21 heavy (non-hydrogen) atoms. The lowest BCUT2D eigenvalue weighted by molar-refractivity contribution is -0.383. The number of hydrogen-bond acceptors (Lipinski definition) is 5. The average Bonchev–Trinajstić information content (AvgIpc) is 2.87. The molecule has 0 aliphatic heterocycles. The first-order valence-electron chi connectivity index (χ1n) is 7.55. The van der Waals surface area contributed by atoms with E-state index >= 15 is 0 Å². The zero-order valence-corrected chi connectivity index (χ0v) is 13.4. The van der Waals surface area contributed by atoms with Gasteiger partial charge in [0.25, 0.3) is 0 Å². The summed E-state index contributed by atoms with van der Waals surface area (Å²) in [6, 6.07) is 5.77. The maximum atomic E-state index is 11.4. The van der Waals surface area contributed by atoms with Gasteiger partial charge in [-0.25, -0.2) is 0 Å². The molecule has 2 atom stereocenters. The number of benzene rings is 1. The van der Waals surface area contributed by atoms with Crippen LogP contribution in [0.1, 0.15) is 33.1 Å². The van der Waals surface area contributed by atoms with Gasteiger partial charge in [-0.1, -0.05) is 13.0 Å². The highest BCUT2D eigenvalue weighted by Gasteiger charge is 2.27. The Morgan fingerprint density at radius 1 is 1.33 bits per heavy atom. The van der Waals surface area contributed by atoms with Gasteiger partial charge in [-0.2, -0.15) is 11.8 Å². The minimum atomic E-state index is -0.298. The molecule has 0 amide bonds. The lowest BCUT2D eigenvalue weighted by Crippen LogP contribution is -2.17. The summed E-state index contributed by atoms with van der Waals surface area (Å²) in [4.78, 5) is 11.1. The first kappa shape index (κ1) is 15.9. The van der Waals surface area contributed by atoms with Gasteiger partial charge in [-0.15, -0.1) is 0 Å². The van der Waals surface area contributed by atoms with E-state index in [4.69, 9.17) is 0 Å². The molecular weight excluding hydrogens is 286 g/mol. The fraction of sp³-hybridized carbons (Fsp3) is 0.600. The van der Waals surface area contributed by atoms with E-state index in [1.807, 2.05) is 24.8 Å². The van der Waals surface area contributed by atoms with Gasteiger partial charge in [0.1, 0.15) is 11.4 Å². The molecule has 2 unspecified atom stereocenters. The van der Waals surface area contributed by atoms with Crippen LogP contribution in [0, 0.1) is 10.1 Å². The normalized spacial score (nSPS) is 21.2. The zero-order valence-electron chi connectivity index (χ0n) is 12.6. The number of hydrogen-bond donors (Lipinski definition) is 2. The summed E-state index contributed by atoms with van der Waals surface area (Å²) >= 11 is 1.99. The fourth-order valence-corrected chi connectivity index (χ4v) is 4.01.